The van der Waals surface area contributed by atoms with Crippen molar-refractivity contribution in [3.8, 4) is 0 Å². The Morgan fingerprint density at radius 1 is 0.744 bits per heavy atom. The maximum atomic E-state index is 14.4. The Balaban J connectivity index is 1.16. The van der Waals surface area contributed by atoms with E-state index >= 15 is 0 Å². The summed E-state index contributed by atoms with van der Waals surface area (Å²) in [4.78, 5) is 44.2. The van der Waals surface area contributed by atoms with Gasteiger partial charge in [-0.2, -0.15) is 0 Å². The van der Waals surface area contributed by atoms with Crippen LogP contribution in [0.1, 0.15) is 21.5 Å². The second kappa shape index (κ2) is 13.7. The Morgan fingerprint density at radius 2 is 1.35 bits per heavy atom. The fraction of sp³-hybridized carbons (Fsp3) is 0.206. The topological polar surface area (TPSA) is 85.0 Å². The summed E-state index contributed by atoms with van der Waals surface area (Å²) < 4.78 is 14.4. The van der Waals surface area contributed by atoms with Crippen molar-refractivity contribution >= 4 is 34.9 Å². The minimum absolute atomic E-state index is 0.0803. The van der Waals surface area contributed by atoms with Crippen LogP contribution in [0.25, 0.3) is 0 Å². The van der Waals surface area contributed by atoms with Gasteiger partial charge in [0.25, 0.3) is 5.91 Å². The molecule has 43 heavy (non-hydrogen) atoms. The molecule has 2 N–H and O–H groups in total. The average molecular weight is 580 g/mol. The first-order chi connectivity index (χ1) is 20.9. The number of carbonyl (C=O) groups excluding carboxylic acids is 3. The van der Waals surface area contributed by atoms with Gasteiger partial charge in [-0.3, -0.25) is 9.59 Å². The number of carbonyl (C=O) groups is 3. The molecule has 0 atom stereocenters. The molecule has 1 fully saturated rings. The zero-order valence-corrected chi connectivity index (χ0v) is 24.0. The predicted molar refractivity (Wildman–Crippen MR) is 167 cm³/mol. The van der Waals surface area contributed by atoms with E-state index in [0.717, 1.165) is 22.5 Å². The lowest BCUT2D eigenvalue weighted by molar-refractivity contribution is -0.117. The fourth-order valence-electron chi connectivity index (χ4n) is 4.94. The van der Waals surface area contributed by atoms with Gasteiger partial charge in [0.1, 0.15) is 12.4 Å². The zero-order chi connectivity index (χ0) is 30.2. The molecule has 1 aliphatic heterocycles. The maximum absolute atomic E-state index is 14.4. The molecular weight excluding hydrogens is 545 g/mol. The van der Waals surface area contributed by atoms with Crippen LogP contribution in [0.5, 0.6) is 0 Å². The van der Waals surface area contributed by atoms with E-state index in [0.29, 0.717) is 31.9 Å². The van der Waals surface area contributed by atoms with Crippen LogP contribution < -0.4 is 15.5 Å². The second-order valence-electron chi connectivity index (χ2n) is 10.5. The van der Waals surface area contributed by atoms with Crippen LogP contribution in [-0.2, 0) is 11.3 Å². The van der Waals surface area contributed by atoms with Crippen LogP contribution in [0.15, 0.2) is 103 Å². The summed E-state index contributed by atoms with van der Waals surface area (Å²) in [6.07, 6.45) is 0. The molecule has 4 aromatic rings. The number of benzene rings is 4. The lowest BCUT2D eigenvalue weighted by atomic mass is 10.1. The maximum Gasteiger partial charge on any atom is 0.321 e. The van der Waals surface area contributed by atoms with E-state index in [1.807, 2.05) is 85.8 Å². The summed E-state index contributed by atoms with van der Waals surface area (Å²) in [6.45, 7) is 4.46. The number of halogens is 1. The smallest absolute Gasteiger partial charge is 0.321 e. The van der Waals surface area contributed by atoms with Crippen molar-refractivity contribution in [2.24, 2.45) is 0 Å². The first-order valence-electron chi connectivity index (χ1n) is 14.2. The van der Waals surface area contributed by atoms with Crippen molar-refractivity contribution in [3.05, 3.63) is 126 Å². The van der Waals surface area contributed by atoms with Crippen molar-refractivity contribution in [3.63, 3.8) is 0 Å². The Kier molecular flexibility index (Phi) is 9.31. The van der Waals surface area contributed by atoms with Crippen molar-refractivity contribution in [1.29, 1.82) is 0 Å². The standard InChI is InChI=1S/C34H34FN5O3/c1-25-11-13-28(14-12-25)37-34(43)39-21-19-38(20-22-39)29-17-15-27(16-18-29)36-32(41)24-40(23-26-7-3-2-4-8-26)33(42)30-9-5-6-10-31(30)35/h2-18H,19-24H2,1H3,(H,36,41)(H,37,43). The minimum atomic E-state index is -0.630. The van der Waals surface area contributed by atoms with Crippen LogP contribution >= 0.6 is 0 Å². The van der Waals surface area contributed by atoms with Crippen molar-refractivity contribution in [1.82, 2.24) is 9.80 Å². The Morgan fingerprint density at radius 3 is 2.02 bits per heavy atom. The van der Waals surface area contributed by atoms with Crippen LogP contribution in [0, 0.1) is 12.7 Å². The monoisotopic (exact) mass is 579 g/mol. The highest BCUT2D eigenvalue weighted by Gasteiger charge is 2.23. The highest BCUT2D eigenvalue weighted by molar-refractivity contribution is 5.99. The van der Waals surface area contributed by atoms with E-state index in [-0.39, 0.29) is 30.6 Å². The number of nitrogens with zero attached hydrogens (tertiary/aromatic N) is 3. The fourth-order valence-corrected chi connectivity index (χ4v) is 4.94. The summed E-state index contributed by atoms with van der Waals surface area (Å²) in [5.74, 6) is -1.57. The minimum Gasteiger partial charge on any atom is -0.368 e. The van der Waals surface area contributed by atoms with Crippen LogP contribution in [0.2, 0.25) is 0 Å². The summed E-state index contributed by atoms with van der Waals surface area (Å²) >= 11 is 0. The lowest BCUT2D eigenvalue weighted by Crippen LogP contribution is -2.50. The molecule has 0 saturated carbocycles. The van der Waals surface area contributed by atoms with Gasteiger partial charge < -0.3 is 25.3 Å². The molecule has 1 heterocycles. The highest BCUT2D eigenvalue weighted by Crippen LogP contribution is 2.21. The number of nitrogens with one attached hydrogen (secondary N) is 2. The van der Waals surface area contributed by atoms with E-state index in [1.165, 1.54) is 23.1 Å². The number of hydrogen-bond acceptors (Lipinski definition) is 4. The van der Waals surface area contributed by atoms with Crippen molar-refractivity contribution in [2.45, 2.75) is 13.5 Å². The largest absolute Gasteiger partial charge is 0.368 e. The van der Waals surface area contributed by atoms with Gasteiger partial charge in [0.05, 0.1) is 5.56 Å². The SMILES string of the molecule is Cc1ccc(NC(=O)N2CCN(c3ccc(NC(=O)CN(Cc4ccccc4)C(=O)c4ccccc4F)cc3)CC2)cc1. The van der Waals surface area contributed by atoms with Gasteiger partial charge in [-0.15, -0.1) is 0 Å². The molecular formula is C34H34FN5O3. The first-order valence-corrected chi connectivity index (χ1v) is 14.2. The summed E-state index contributed by atoms with van der Waals surface area (Å²) in [5, 5.41) is 5.80. The molecule has 0 bridgehead atoms. The second-order valence-corrected chi connectivity index (χ2v) is 10.5. The summed E-state index contributed by atoms with van der Waals surface area (Å²) in [6, 6.07) is 30.1. The van der Waals surface area contributed by atoms with Gasteiger partial charge in [0.15, 0.2) is 0 Å². The highest BCUT2D eigenvalue weighted by atomic mass is 19.1. The quantitative estimate of drug-likeness (QED) is 0.278. The Bertz CT molecular complexity index is 1550. The molecule has 4 amide bonds. The third kappa shape index (κ3) is 7.77. The number of urea groups is 1. The molecule has 0 aliphatic carbocycles. The van der Waals surface area contributed by atoms with Crippen molar-refractivity contribution < 1.29 is 18.8 Å². The number of anilines is 3. The van der Waals surface area contributed by atoms with Crippen LogP contribution in [-0.4, -0.2) is 60.4 Å². The number of rotatable bonds is 8. The number of aryl methyl sites for hydroxylation is 1. The van der Waals surface area contributed by atoms with E-state index in [2.05, 4.69) is 15.5 Å². The van der Waals surface area contributed by atoms with E-state index in [4.69, 9.17) is 0 Å². The van der Waals surface area contributed by atoms with Crippen LogP contribution in [0.4, 0.5) is 26.2 Å². The van der Waals surface area contributed by atoms with Gasteiger partial charge in [0.2, 0.25) is 5.91 Å². The average Bonchev–Trinajstić information content (AvgIpc) is 3.03. The van der Waals surface area contributed by atoms with Gasteiger partial charge >= 0.3 is 6.03 Å². The van der Waals surface area contributed by atoms with E-state index < -0.39 is 11.7 Å². The molecule has 1 aliphatic rings. The number of hydrogen-bond donors (Lipinski definition) is 2. The molecule has 9 heteroatoms. The molecule has 1 saturated heterocycles. The van der Waals surface area contributed by atoms with Gasteiger partial charge in [0, 0.05) is 49.8 Å². The van der Waals surface area contributed by atoms with E-state index in [9.17, 15) is 18.8 Å². The molecule has 8 nitrogen and oxygen atoms in total. The lowest BCUT2D eigenvalue weighted by Gasteiger charge is -2.36. The summed E-state index contributed by atoms with van der Waals surface area (Å²) in [5.41, 5.74) is 4.23. The third-order valence-electron chi connectivity index (χ3n) is 7.33. The Hall–Kier alpha value is -5.18. The Labute approximate surface area is 250 Å². The van der Waals surface area contributed by atoms with Gasteiger partial charge in [-0.1, -0.05) is 60.2 Å². The molecule has 0 unspecified atom stereocenters. The van der Waals surface area contributed by atoms with E-state index in [1.54, 1.807) is 11.0 Å². The molecule has 220 valence electrons. The molecule has 4 aromatic carbocycles. The number of piperazine rings is 1. The van der Waals surface area contributed by atoms with Gasteiger partial charge in [-0.05, 0) is 61.0 Å². The summed E-state index contributed by atoms with van der Waals surface area (Å²) in [7, 11) is 0. The zero-order valence-electron chi connectivity index (χ0n) is 24.0. The van der Waals surface area contributed by atoms with Crippen molar-refractivity contribution in [2.75, 3.05) is 48.3 Å². The first kappa shape index (κ1) is 29.3. The predicted octanol–water partition coefficient (Wildman–Crippen LogP) is 5.77. The molecule has 5 rings (SSSR count). The molecule has 0 spiro atoms. The normalized spacial score (nSPS) is 12.9. The molecule has 0 radical (unpaired) electrons. The molecule has 0 aromatic heterocycles. The number of amides is 4. The third-order valence-corrected chi connectivity index (χ3v) is 7.33. The van der Waals surface area contributed by atoms with Crippen LogP contribution in [0.3, 0.4) is 0 Å². The van der Waals surface area contributed by atoms with Gasteiger partial charge in [-0.25, -0.2) is 9.18 Å².